The zero-order chi connectivity index (χ0) is 11.5. The quantitative estimate of drug-likeness (QED) is 0.651. The molecule has 3 heteroatoms. The van der Waals surface area contributed by atoms with Crippen LogP contribution in [0.4, 0.5) is 5.69 Å². The first kappa shape index (κ1) is 10.9. The van der Waals surface area contributed by atoms with Gasteiger partial charge >= 0.3 is 0 Å². The molecule has 0 atom stereocenters. The maximum atomic E-state index is 11.9. The summed E-state index contributed by atoms with van der Waals surface area (Å²) in [4.78, 5) is 11.9. The number of nitrogens with two attached hydrogens (primary N) is 1. The number of hydrogen-bond donors (Lipinski definition) is 1. The zero-order valence-electron chi connectivity index (χ0n) is 9.07. The van der Waals surface area contributed by atoms with Crippen LogP contribution in [0.3, 0.4) is 0 Å². The number of hydrogen-bond acceptors (Lipinski definition) is 3. The summed E-state index contributed by atoms with van der Waals surface area (Å²) in [5.74, 6) is 0.140. The van der Waals surface area contributed by atoms with Crippen molar-refractivity contribution in [3.8, 4) is 0 Å². The van der Waals surface area contributed by atoms with E-state index in [1.807, 2.05) is 29.8 Å². The minimum atomic E-state index is 0.140. The summed E-state index contributed by atoms with van der Waals surface area (Å²) in [6, 6.07) is 7.41. The van der Waals surface area contributed by atoms with E-state index in [9.17, 15) is 4.79 Å². The van der Waals surface area contributed by atoms with Crippen molar-refractivity contribution < 1.29 is 4.79 Å². The van der Waals surface area contributed by atoms with E-state index in [-0.39, 0.29) is 5.78 Å². The van der Waals surface area contributed by atoms with E-state index in [0.717, 1.165) is 22.4 Å². The number of benzene rings is 1. The Bertz CT molecular complexity index is 503. The summed E-state index contributed by atoms with van der Waals surface area (Å²) < 4.78 is 0. The Morgan fingerprint density at radius 3 is 2.81 bits per heavy atom. The van der Waals surface area contributed by atoms with E-state index in [0.29, 0.717) is 6.42 Å². The van der Waals surface area contributed by atoms with Crippen LogP contribution in [0.25, 0.3) is 0 Å². The second kappa shape index (κ2) is 4.49. The van der Waals surface area contributed by atoms with Gasteiger partial charge in [-0.1, -0.05) is 0 Å². The number of thiophene rings is 1. The number of anilines is 1. The van der Waals surface area contributed by atoms with Gasteiger partial charge in [0.05, 0.1) is 0 Å². The summed E-state index contributed by atoms with van der Waals surface area (Å²) in [6.45, 7) is 1.91. The van der Waals surface area contributed by atoms with Gasteiger partial charge in [-0.15, -0.1) is 0 Å². The number of Topliss-reactive ketones (excluding diaryl/α,β-unsaturated/α-hetero) is 1. The molecular formula is C13H13NOS. The largest absolute Gasteiger partial charge is 0.399 e. The molecule has 0 aliphatic heterocycles. The molecule has 0 unspecified atom stereocenters. The third-order valence-electron chi connectivity index (χ3n) is 2.54. The molecule has 2 nitrogen and oxygen atoms in total. The fraction of sp³-hybridized carbons (Fsp3) is 0.154. The molecule has 2 aromatic rings. The monoisotopic (exact) mass is 231 g/mol. The van der Waals surface area contributed by atoms with Crippen LogP contribution >= 0.6 is 11.3 Å². The number of nitrogen functional groups attached to an aromatic ring is 1. The van der Waals surface area contributed by atoms with Crippen LogP contribution in [-0.2, 0) is 6.42 Å². The number of carbonyl (C=O) groups is 1. The third kappa shape index (κ3) is 2.31. The fourth-order valence-electron chi connectivity index (χ4n) is 1.53. The second-order valence-corrected chi connectivity index (χ2v) is 4.58. The Labute approximate surface area is 98.7 Å². The second-order valence-electron chi connectivity index (χ2n) is 3.80. The summed E-state index contributed by atoms with van der Waals surface area (Å²) in [5.41, 5.74) is 9.21. The molecule has 0 spiro atoms. The molecule has 16 heavy (non-hydrogen) atoms. The average molecular weight is 231 g/mol. The molecule has 2 N–H and O–H groups in total. The van der Waals surface area contributed by atoms with Crippen LogP contribution in [0.5, 0.6) is 0 Å². The van der Waals surface area contributed by atoms with Crippen LogP contribution in [0.15, 0.2) is 35.0 Å². The predicted octanol–water partition coefficient (Wildman–Crippen LogP) is 3.06. The van der Waals surface area contributed by atoms with Crippen molar-refractivity contribution in [2.45, 2.75) is 13.3 Å². The molecule has 82 valence electrons. The Kier molecular flexibility index (Phi) is 3.06. The summed E-state index contributed by atoms with van der Waals surface area (Å²) >= 11 is 1.61. The molecule has 0 saturated carbocycles. The van der Waals surface area contributed by atoms with Gasteiger partial charge in [0.2, 0.25) is 0 Å². The topological polar surface area (TPSA) is 43.1 Å². The van der Waals surface area contributed by atoms with Crippen LogP contribution in [0.1, 0.15) is 21.5 Å². The molecule has 1 aromatic carbocycles. The van der Waals surface area contributed by atoms with Gasteiger partial charge in [-0.25, -0.2) is 0 Å². The number of carbonyl (C=O) groups excluding carboxylic acids is 1. The van der Waals surface area contributed by atoms with Crippen molar-refractivity contribution in [3.63, 3.8) is 0 Å². The van der Waals surface area contributed by atoms with Gasteiger partial charge in [0, 0.05) is 17.7 Å². The van der Waals surface area contributed by atoms with Crippen molar-refractivity contribution in [2.24, 2.45) is 0 Å². The number of rotatable bonds is 3. The van der Waals surface area contributed by atoms with Crippen molar-refractivity contribution in [1.82, 2.24) is 0 Å². The van der Waals surface area contributed by atoms with E-state index in [1.54, 1.807) is 23.5 Å². The molecule has 0 amide bonds. The molecule has 0 radical (unpaired) electrons. The Hall–Kier alpha value is -1.61. The van der Waals surface area contributed by atoms with Crippen LogP contribution in [-0.4, -0.2) is 5.78 Å². The SMILES string of the molecule is Cc1cc(C(=O)Cc2ccsc2)ccc1N. The van der Waals surface area contributed by atoms with Gasteiger partial charge in [-0.05, 0) is 53.1 Å². The molecule has 1 aromatic heterocycles. The molecule has 1 heterocycles. The zero-order valence-corrected chi connectivity index (χ0v) is 9.88. The lowest BCUT2D eigenvalue weighted by Crippen LogP contribution is -2.03. The van der Waals surface area contributed by atoms with E-state index >= 15 is 0 Å². The van der Waals surface area contributed by atoms with Crippen LogP contribution in [0, 0.1) is 6.92 Å². The van der Waals surface area contributed by atoms with Crippen LogP contribution < -0.4 is 5.73 Å². The van der Waals surface area contributed by atoms with Crippen molar-refractivity contribution in [2.75, 3.05) is 5.73 Å². The Balaban J connectivity index is 2.18. The standard InChI is InChI=1S/C13H13NOS/c1-9-6-11(2-3-12(9)14)13(15)7-10-4-5-16-8-10/h2-6,8H,7,14H2,1H3. The van der Waals surface area contributed by atoms with E-state index in [1.165, 1.54) is 0 Å². The normalized spacial score (nSPS) is 10.3. The van der Waals surface area contributed by atoms with Gasteiger partial charge in [-0.3, -0.25) is 4.79 Å². The predicted molar refractivity (Wildman–Crippen MR) is 67.9 cm³/mol. The fourth-order valence-corrected chi connectivity index (χ4v) is 2.20. The van der Waals surface area contributed by atoms with E-state index in [4.69, 9.17) is 5.73 Å². The highest BCUT2D eigenvalue weighted by Crippen LogP contribution is 2.15. The molecule has 0 fully saturated rings. The van der Waals surface area contributed by atoms with E-state index in [2.05, 4.69) is 0 Å². The van der Waals surface area contributed by atoms with Gasteiger partial charge in [0.1, 0.15) is 0 Å². The van der Waals surface area contributed by atoms with Crippen molar-refractivity contribution >= 4 is 22.8 Å². The Morgan fingerprint density at radius 1 is 1.38 bits per heavy atom. The lowest BCUT2D eigenvalue weighted by molar-refractivity contribution is 0.0993. The highest BCUT2D eigenvalue weighted by molar-refractivity contribution is 7.08. The summed E-state index contributed by atoms with van der Waals surface area (Å²) in [7, 11) is 0. The highest BCUT2D eigenvalue weighted by Gasteiger charge is 2.08. The van der Waals surface area contributed by atoms with Crippen molar-refractivity contribution in [1.29, 1.82) is 0 Å². The average Bonchev–Trinajstić information content (AvgIpc) is 2.74. The summed E-state index contributed by atoms with van der Waals surface area (Å²) in [5, 5.41) is 3.99. The minimum absolute atomic E-state index is 0.140. The van der Waals surface area contributed by atoms with Crippen molar-refractivity contribution in [3.05, 3.63) is 51.7 Å². The maximum absolute atomic E-state index is 11.9. The maximum Gasteiger partial charge on any atom is 0.167 e. The van der Waals surface area contributed by atoms with Gasteiger partial charge < -0.3 is 5.73 Å². The third-order valence-corrected chi connectivity index (χ3v) is 3.27. The highest BCUT2D eigenvalue weighted by atomic mass is 32.1. The first-order chi connectivity index (χ1) is 7.66. The molecule has 0 aliphatic rings. The number of ketones is 1. The summed E-state index contributed by atoms with van der Waals surface area (Å²) in [6.07, 6.45) is 0.465. The van der Waals surface area contributed by atoms with Gasteiger partial charge in [0.15, 0.2) is 5.78 Å². The minimum Gasteiger partial charge on any atom is -0.399 e. The van der Waals surface area contributed by atoms with Crippen LogP contribution in [0.2, 0.25) is 0 Å². The van der Waals surface area contributed by atoms with Gasteiger partial charge in [-0.2, -0.15) is 11.3 Å². The molecule has 2 rings (SSSR count). The molecule has 0 saturated heterocycles. The first-order valence-electron chi connectivity index (χ1n) is 5.07. The molecular weight excluding hydrogens is 218 g/mol. The lowest BCUT2D eigenvalue weighted by Gasteiger charge is -2.03. The number of aryl methyl sites for hydroxylation is 1. The molecule has 0 bridgehead atoms. The Morgan fingerprint density at radius 2 is 2.19 bits per heavy atom. The lowest BCUT2D eigenvalue weighted by atomic mass is 10.0. The van der Waals surface area contributed by atoms with Gasteiger partial charge in [0.25, 0.3) is 0 Å². The first-order valence-corrected chi connectivity index (χ1v) is 6.01. The van der Waals surface area contributed by atoms with E-state index < -0.39 is 0 Å². The molecule has 0 aliphatic carbocycles. The smallest absolute Gasteiger partial charge is 0.167 e.